The van der Waals surface area contributed by atoms with Crippen molar-refractivity contribution in [3.05, 3.63) is 24.3 Å². The highest BCUT2D eigenvalue weighted by Gasteiger charge is 2.61. The number of carboxylic acid groups (broad SMARTS) is 1. The summed E-state index contributed by atoms with van der Waals surface area (Å²) < 4.78 is 0. The number of allylic oxidation sites excluding steroid dienone is 2. The zero-order valence-corrected chi connectivity index (χ0v) is 16.9. The van der Waals surface area contributed by atoms with Crippen LogP contribution in [0.4, 0.5) is 0 Å². The number of carboxylic acids is 1. The van der Waals surface area contributed by atoms with Gasteiger partial charge >= 0.3 is 5.97 Å². The lowest BCUT2D eigenvalue weighted by Gasteiger charge is -2.60. The van der Waals surface area contributed by atoms with Gasteiger partial charge in [0.1, 0.15) is 0 Å². The molecule has 0 radical (unpaired) electrons. The van der Waals surface area contributed by atoms with Crippen molar-refractivity contribution < 1.29 is 14.7 Å². The van der Waals surface area contributed by atoms with E-state index in [1.165, 1.54) is 18.4 Å². The van der Waals surface area contributed by atoms with Gasteiger partial charge in [-0.2, -0.15) is 0 Å². The molecule has 0 aliphatic heterocycles. The number of fused-ring (bicyclic) bond motifs is 5. The standard InChI is InChI=1S/C24H34O3/c1-4-5-15-12-17-13-18(25)8-10-24(17,3)20-9-11-23(2)16(14-21(26)27)6-7-19(23)22(15)20/h4,13,15-16,19-20,22H,1,5-12,14H2,2-3H3,(H,26,27)/t15-,16-,19?,20?,22?,23-,24+/m1/s1. The van der Waals surface area contributed by atoms with Crippen molar-refractivity contribution in [2.24, 2.45) is 40.4 Å². The lowest BCUT2D eigenvalue weighted by atomic mass is 9.44. The molecule has 0 heterocycles. The molecule has 1 N–H and O–H groups in total. The molecule has 3 fully saturated rings. The van der Waals surface area contributed by atoms with E-state index in [2.05, 4.69) is 26.5 Å². The van der Waals surface area contributed by atoms with Gasteiger partial charge in [-0.15, -0.1) is 6.58 Å². The fraction of sp³-hybridized carbons (Fsp3) is 0.750. The van der Waals surface area contributed by atoms with Crippen LogP contribution in [-0.4, -0.2) is 16.9 Å². The van der Waals surface area contributed by atoms with Gasteiger partial charge in [0.2, 0.25) is 0 Å². The van der Waals surface area contributed by atoms with Crippen LogP contribution < -0.4 is 0 Å². The molecular weight excluding hydrogens is 336 g/mol. The van der Waals surface area contributed by atoms with E-state index in [-0.39, 0.29) is 10.8 Å². The molecular formula is C24H34O3. The van der Waals surface area contributed by atoms with Gasteiger partial charge < -0.3 is 5.11 Å². The molecule has 3 heteroatoms. The molecule has 0 amide bonds. The Morgan fingerprint density at radius 3 is 2.74 bits per heavy atom. The Morgan fingerprint density at radius 2 is 2.04 bits per heavy atom. The van der Waals surface area contributed by atoms with Crippen LogP contribution in [0.5, 0.6) is 0 Å². The molecule has 4 aliphatic carbocycles. The highest BCUT2D eigenvalue weighted by Crippen LogP contribution is 2.68. The van der Waals surface area contributed by atoms with E-state index in [0.717, 1.165) is 32.1 Å². The van der Waals surface area contributed by atoms with Crippen molar-refractivity contribution in [2.75, 3.05) is 0 Å². The molecule has 3 saturated carbocycles. The van der Waals surface area contributed by atoms with Gasteiger partial charge in [-0.05, 0) is 91.4 Å². The normalized spacial score (nSPS) is 46.1. The van der Waals surface area contributed by atoms with Crippen LogP contribution in [0.1, 0.15) is 71.6 Å². The Hall–Kier alpha value is -1.38. The first kappa shape index (κ1) is 19.0. The Bertz CT molecular complexity index is 692. The van der Waals surface area contributed by atoms with Crippen LogP contribution in [0.3, 0.4) is 0 Å². The van der Waals surface area contributed by atoms with Gasteiger partial charge in [-0.25, -0.2) is 0 Å². The van der Waals surface area contributed by atoms with E-state index in [4.69, 9.17) is 0 Å². The molecule has 4 rings (SSSR count). The minimum Gasteiger partial charge on any atom is -0.481 e. The maximum atomic E-state index is 12.1. The van der Waals surface area contributed by atoms with Crippen molar-refractivity contribution in [3.63, 3.8) is 0 Å². The maximum absolute atomic E-state index is 12.1. The van der Waals surface area contributed by atoms with E-state index < -0.39 is 5.97 Å². The molecule has 7 atom stereocenters. The molecule has 0 aromatic rings. The van der Waals surface area contributed by atoms with E-state index in [1.54, 1.807) is 0 Å². The van der Waals surface area contributed by atoms with E-state index in [9.17, 15) is 14.7 Å². The predicted octanol–water partition coefficient (Wildman–Crippen LogP) is 5.41. The van der Waals surface area contributed by atoms with Crippen LogP contribution in [0.25, 0.3) is 0 Å². The minimum atomic E-state index is -0.641. The predicted molar refractivity (Wildman–Crippen MR) is 106 cm³/mol. The second-order valence-corrected chi connectivity index (χ2v) is 10.2. The summed E-state index contributed by atoms with van der Waals surface area (Å²) in [5, 5.41) is 9.41. The zero-order chi connectivity index (χ0) is 19.4. The maximum Gasteiger partial charge on any atom is 0.303 e. The largest absolute Gasteiger partial charge is 0.481 e. The summed E-state index contributed by atoms with van der Waals surface area (Å²) in [5.74, 6) is 2.46. The third kappa shape index (κ3) is 2.84. The molecule has 148 valence electrons. The SMILES string of the molecule is C=CC[C@@H]1CC2=CC(=O)CC[C@]2(C)C2CC[C@@]3(C)C(CC[C@@H]3CC(=O)O)C21. The molecule has 0 bridgehead atoms. The van der Waals surface area contributed by atoms with Gasteiger partial charge in [0.15, 0.2) is 5.78 Å². The lowest BCUT2D eigenvalue weighted by Crippen LogP contribution is -2.53. The third-order valence-electron chi connectivity index (χ3n) is 9.22. The van der Waals surface area contributed by atoms with Gasteiger partial charge in [0.05, 0.1) is 0 Å². The molecule has 0 aromatic heterocycles. The Labute approximate surface area is 163 Å². The summed E-state index contributed by atoms with van der Waals surface area (Å²) in [6.45, 7) is 8.82. The highest BCUT2D eigenvalue weighted by molar-refractivity contribution is 5.91. The number of carbonyl (C=O) groups is 2. The summed E-state index contributed by atoms with van der Waals surface area (Å²) in [6, 6.07) is 0. The molecule has 3 unspecified atom stereocenters. The number of hydrogen-bond acceptors (Lipinski definition) is 2. The van der Waals surface area contributed by atoms with Crippen molar-refractivity contribution in [2.45, 2.75) is 71.6 Å². The van der Waals surface area contributed by atoms with E-state index in [0.29, 0.717) is 48.2 Å². The fourth-order valence-electron chi connectivity index (χ4n) is 7.81. The van der Waals surface area contributed by atoms with E-state index >= 15 is 0 Å². The Kier molecular flexibility index (Phi) is 4.63. The highest BCUT2D eigenvalue weighted by atomic mass is 16.4. The Morgan fingerprint density at radius 1 is 1.26 bits per heavy atom. The lowest BCUT2D eigenvalue weighted by molar-refractivity contribution is -0.140. The summed E-state index contributed by atoms with van der Waals surface area (Å²) in [6.07, 6.45) is 12.7. The zero-order valence-electron chi connectivity index (χ0n) is 16.9. The average molecular weight is 371 g/mol. The second kappa shape index (κ2) is 6.60. The number of aliphatic carboxylic acids is 1. The van der Waals surface area contributed by atoms with Crippen molar-refractivity contribution in [1.82, 2.24) is 0 Å². The van der Waals surface area contributed by atoms with Gasteiger partial charge in [-0.1, -0.05) is 25.5 Å². The van der Waals surface area contributed by atoms with Crippen molar-refractivity contribution >= 4 is 11.8 Å². The molecule has 4 aliphatic rings. The smallest absolute Gasteiger partial charge is 0.303 e. The third-order valence-corrected chi connectivity index (χ3v) is 9.22. The summed E-state index contributed by atoms with van der Waals surface area (Å²) in [5.41, 5.74) is 1.74. The Balaban J connectivity index is 1.71. The van der Waals surface area contributed by atoms with Gasteiger partial charge in [0.25, 0.3) is 0 Å². The number of carbonyl (C=O) groups excluding carboxylic acids is 1. The van der Waals surface area contributed by atoms with Crippen LogP contribution in [0, 0.1) is 40.4 Å². The number of ketones is 1. The average Bonchev–Trinajstić information content (AvgIpc) is 2.92. The van der Waals surface area contributed by atoms with Crippen molar-refractivity contribution in [1.29, 1.82) is 0 Å². The first-order valence-electron chi connectivity index (χ1n) is 10.9. The molecule has 0 spiro atoms. The molecule has 0 aromatic carbocycles. The molecule has 3 nitrogen and oxygen atoms in total. The topological polar surface area (TPSA) is 54.4 Å². The monoisotopic (exact) mass is 370 g/mol. The first-order valence-corrected chi connectivity index (χ1v) is 10.9. The fourth-order valence-corrected chi connectivity index (χ4v) is 7.81. The van der Waals surface area contributed by atoms with Crippen molar-refractivity contribution in [3.8, 4) is 0 Å². The number of hydrogen-bond donors (Lipinski definition) is 1. The molecule has 0 saturated heterocycles. The van der Waals surface area contributed by atoms with E-state index in [1.807, 2.05) is 6.08 Å². The molecule has 27 heavy (non-hydrogen) atoms. The number of rotatable bonds is 4. The minimum absolute atomic E-state index is 0.168. The van der Waals surface area contributed by atoms with Gasteiger partial charge in [0, 0.05) is 12.8 Å². The van der Waals surface area contributed by atoms with Gasteiger partial charge in [-0.3, -0.25) is 9.59 Å². The van der Waals surface area contributed by atoms with Crippen LogP contribution in [0.15, 0.2) is 24.3 Å². The van der Waals surface area contributed by atoms with Crippen LogP contribution >= 0.6 is 0 Å². The van der Waals surface area contributed by atoms with Crippen LogP contribution in [0.2, 0.25) is 0 Å². The summed E-state index contributed by atoms with van der Waals surface area (Å²) in [7, 11) is 0. The van der Waals surface area contributed by atoms with Crippen LogP contribution in [-0.2, 0) is 9.59 Å². The first-order chi connectivity index (χ1) is 12.8. The summed E-state index contributed by atoms with van der Waals surface area (Å²) >= 11 is 0. The quantitative estimate of drug-likeness (QED) is 0.673. The summed E-state index contributed by atoms with van der Waals surface area (Å²) in [4.78, 5) is 23.6. The second-order valence-electron chi connectivity index (χ2n) is 10.2.